The molecule has 1 aliphatic rings. The third kappa shape index (κ3) is 5.80. The largest absolute Gasteiger partial charge is 0.497 e. The maximum absolute atomic E-state index is 13.1. The average Bonchev–Trinajstić information content (AvgIpc) is 3.20. The Kier molecular flexibility index (Phi) is 8.17. The van der Waals surface area contributed by atoms with Crippen molar-refractivity contribution in [2.45, 2.75) is 38.8 Å². The van der Waals surface area contributed by atoms with Crippen molar-refractivity contribution in [1.29, 1.82) is 0 Å². The summed E-state index contributed by atoms with van der Waals surface area (Å²) in [4.78, 5) is 39.7. The maximum Gasteiger partial charge on any atom is 0.404 e. The van der Waals surface area contributed by atoms with Gasteiger partial charge in [-0.15, -0.1) is 0 Å². The summed E-state index contributed by atoms with van der Waals surface area (Å²) in [5.74, 6) is 0.991. The summed E-state index contributed by atoms with van der Waals surface area (Å²) in [5.41, 5.74) is 7.23. The van der Waals surface area contributed by atoms with Gasteiger partial charge >= 0.3 is 17.8 Å². The molecule has 0 aliphatic carbocycles. The highest BCUT2D eigenvalue weighted by molar-refractivity contribution is 5.89. The van der Waals surface area contributed by atoms with Crippen LogP contribution in [0.1, 0.15) is 44.3 Å². The number of rotatable bonds is 8. The van der Waals surface area contributed by atoms with Crippen LogP contribution in [0.5, 0.6) is 5.75 Å². The van der Waals surface area contributed by atoms with E-state index in [1.165, 1.54) is 4.57 Å². The molecule has 10 heteroatoms. The van der Waals surface area contributed by atoms with Gasteiger partial charge < -0.3 is 20.5 Å². The number of nitrogens with one attached hydrogen (secondary N) is 1. The first-order valence-electron chi connectivity index (χ1n) is 12.6. The fraction of sp³-hybridized carbons (Fsp3) is 0.444. The molecule has 0 radical (unpaired) electrons. The maximum atomic E-state index is 13.1. The van der Waals surface area contributed by atoms with Crippen molar-refractivity contribution in [2.75, 3.05) is 33.4 Å². The van der Waals surface area contributed by atoms with E-state index < -0.39 is 12.1 Å². The zero-order chi connectivity index (χ0) is 26.5. The highest BCUT2D eigenvalue weighted by Crippen LogP contribution is 2.29. The Morgan fingerprint density at radius 2 is 1.78 bits per heavy atom. The second-order valence-corrected chi connectivity index (χ2v) is 9.66. The number of amides is 2. The van der Waals surface area contributed by atoms with Crippen molar-refractivity contribution >= 4 is 23.2 Å². The van der Waals surface area contributed by atoms with Crippen molar-refractivity contribution in [1.82, 2.24) is 19.4 Å². The number of ether oxygens (including phenoxy) is 2. The van der Waals surface area contributed by atoms with E-state index in [9.17, 15) is 14.4 Å². The lowest BCUT2D eigenvalue weighted by atomic mass is 9.94. The molecule has 0 saturated carbocycles. The number of nitrogens with two attached hydrogens (primary N) is 1. The van der Waals surface area contributed by atoms with Crippen LogP contribution in [-0.4, -0.2) is 59.5 Å². The molecule has 1 unspecified atom stereocenters. The summed E-state index contributed by atoms with van der Waals surface area (Å²) in [6.07, 6.45) is 0.888. The van der Waals surface area contributed by atoms with Crippen molar-refractivity contribution in [3.8, 4) is 5.75 Å². The number of imidazole rings is 1. The zero-order valence-electron chi connectivity index (χ0n) is 21.6. The van der Waals surface area contributed by atoms with Gasteiger partial charge in [0.15, 0.2) is 0 Å². The number of methoxy groups -OCH3 is 1. The second-order valence-electron chi connectivity index (χ2n) is 9.66. The lowest BCUT2D eigenvalue weighted by Gasteiger charge is -2.37. The zero-order valence-corrected chi connectivity index (χ0v) is 21.6. The highest BCUT2D eigenvalue weighted by Gasteiger charge is 2.28. The number of carbonyl (C=O) groups is 2. The third-order valence-corrected chi connectivity index (χ3v) is 6.99. The molecule has 1 fully saturated rings. The molecule has 1 atom stereocenters. The Hall–Kier alpha value is -3.79. The first kappa shape index (κ1) is 26.3. The number of fused-ring (bicyclic) bond motifs is 1. The Balaban J connectivity index is 1.41. The number of hydrogen-bond acceptors (Lipinski definition) is 6. The minimum Gasteiger partial charge on any atom is -0.497 e. The van der Waals surface area contributed by atoms with Gasteiger partial charge in [0.1, 0.15) is 12.4 Å². The van der Waals surface area contributed by atoms with Gasteiger partial charge in [-0.25, -0.2) is 19.0 Å². The van der Waals surface area contributed by atoms with Gasteiger partial charge in [0.05, 0.1) is 24.2 Å². The number of aromatic nitrogens is 2. The van der Waals surface area contributed by atoms with E-state index in [4.69, 9.17) is 15.2 Å². The van der Waals surface area contributed by atoms with Gasteiger partial charge in [-0.05, 0) is 75.5 Å². The molecular weight excluding hydrogens is 474 g/mol. The summed E-state index contributed by atoms with van der Waals surface area (Å²) in [7, 11) is 1.61. The van der Waals surface area contributed by atoms with Gasteiger partial charge in [0.2, 0.25) is 0 Å². The normalized spacial score (nSPS) is 15.6. The standard InChI is InChI=1S/C27H35N5O5/c1-18(2)31-22-9-4-5-10-23(22)32(27(31)35)26(34)29-16-19-11-13-30(14-12-19)24(17-37-25(28)33)20-7-6-8-21(15-20)36-3/h4-10,15,18-19,24H,11-14,16-17H2,1-3H3,(H2,28,33)(H,29,34). The van der Waals surface area contributed by atoms with Gasteiger partial charge in [-0.1, -0.05) is 24.3 Å². The lowest BCUT2D eigenvalue weighted by Crippen LogP contribution is -2.43. The smallest absolute Gasteiger partial charge is 0.404 e. The summed E-state index contributed by atoms with van der Waals surface area (Å²) in [6, 6.07) is 14.4. The predicted molar refractivity (Wildman–Crippen MR) is 141 cm³/mol. The molecule has 0 bridgehead atoms. The topological polar surface area (TPSA) is 121 Å². The summed E-state index contributed by atoms with van der Waals surface area (Å²) >= 11 is 0. The fourth-order valence-corrected chi connectivity index (χ4v) is 5.07. The van der Waals surface area contributed by atoms with E-state index >= 15 is 0 Å². The SMILES string of the molecule is COc1cccc(C(COC(N)=O)N2CCC(CNC(=O)n3c(=O)n(C(C)C)c4ccccc43)CC2)c1. The molecule has 2 amide bonds. The molecule has 0 spiro atoms. The predicted octanol–water partition coefficient (Wildman–Crippen LogP) is 3.50. The summed E-state index contributed by atoms with van der Waals surface area (Å²) < 4.78 is 13.4. The third-order valence-electron chi connectivity index (χ3n) is 6.99. The van der Waals surface area contributed by atoms with E-state index in [0.717, 1.165) is 42.8 Å². The van der Waals surface area contributed by atoms with Crippen LogP contribution in [0.25, 0.3) is 11.0 Å². The molecule has 2 aromatic carbocycles. The number of benzene rings is 2. The quantitative estimate of drug-likeness (QED) is 0.480. The molecule has 10 nitrogen and oxygen atoms in total. The number of likely N-dealkylation sites (tertiary alicyclic amines) is 1. The van der Waals surface area contributed by atoms with E-state index in [1.54, 1.807) is 17.7 Å². The number of piperidine rings is 1. The average molecular weight is 510 g/mol. The number of carbonyl (C=O) groups excluding carboxylic acids is 2. The highest BCUT2D eigenvalue weighted by atomic mass is 16.5. The summed E-state index contributed by atoms with van der Waals surface area (Å²) in [6.45, 7) is 6.00. The fourth-order valence-electron chi connectivity index (χ4n) is 5.07. The van der Waals surface area contributed by atoms with Gasteiger partial charge in [-0.2, -0.15) is 0 Å². The van der Waals surface area contributed by atoms with Crippen LogP contribution in [0.4, 0.5) is 9.59 Å². The van der Waals surface area contributed by atoms with Crippen LogP contribution in [0.2, 0.25) is 0 Å². The Morgan fingerprint density at radius 3 is 2.43 bits per heavy atom. The van der Waals surface area contributed by atoms with Gasteiger partial charge in [0.25, 0.3) is 0 Å². The van der Waals surface area contributed by atoms with Crippen molar-refractivity contribution in [3.05, 3.63) is 64.6 Å². The van der Waals surface area contributed by atoms with Crippen molar-refractivity contribution < 1.29 is 19.1 Å². The number of hydrogen-bond donors (Lipinski definition) is 2. The minimum absolute atomic E-state index is 0.0631. The number of nitrogens with zero attached hydrogens (tertiary/aromatic N) is 3. The number of primary amides is 1. The molecule has 1 saturated heterocycles. The van der Waals surface area contributed by atoms with Crippen molar-refractivity contribution in [2.24, 2.45) is 11.7 Å². The van der Waals surface area contributed by atoms with E-state index in [-0.39, 0.29) is 30.3 Å². The molecule has 1 aromatic heterocycles. The Bertz CT molecular complexity index is 1310. The van der Waals surface area contributed by atoms with Gasteiger partial charge in [0, 0.05) is 12.6 Å². The molecule has 1 aliphatic heterocycles. The molecule has 2 heterocycles. The lowest BCUT2D eigenvalue weighted by molar-refractivity contribution is 0.0713. The van der Waals surface area contributed by atoms with E-state index in [1.807, 2.05) is 56.3 Å². The van der Waals surface area contributed by atoms with Crippen LogP contribution in [0.3, 0.4) is 0 Å². The molecule has 198 valence electrons. The first-order chi connectivity index (χ1) is 17.8. The molecule has 4 rings (SSSR count). The molecule has 3 N–H and O–H groups in total. The molecular formula is C27H35N5O5. The van der Waals surface area contributed by atoms with Crippen molar-refractivity contribution in [3.63, 3.8) is 0 Å². The van der Waals surface area contributed by atoms with Crippen LogP contribution in [0.15, 0.2) is 53.3 Å². The van der Waals surface area contributed by atoms with E-state index in [0.29, 0.717) is 12.1 Å². The summed E-state index contributed by atoms with van der Waals surface area (Å²) in [5, 5.41) is 2.97. The van der Waals surface area contributed by atoms with Crippen LogP contribution in [0, 0.1) is 5.92 Å². The monoisotopic (exact) mass is 509 g/mol. The van der Waals surface area contributed by atoms with Crippen LogP contribution in [-0.2, 0) is 4.74 Å². The minimum atomic E-state index is -0.806. The second kappa shape index (κ2) is 11.5. The van der Waals surface area contributed by atoms with E-state index in [2.05, 4.69) is 10.2 Å². The first-order valence-corrected chi connectivity index (χ1v) is 12.6. The Labute approximate surface area is 215 Å². The molecule has 37 heavy (non-hydrogen) atoms. The Morgan fingerprint density at radius 1 is 1.08 bits per heavy atom. The number of para-hydroxylation sites is 2. The van der Waals surface area contributed by atoms with Gasteiger partial charge in [-0.3, -0.25) is 9.47 Å². The molecule has 3 aromatic rings. The van der Waals surface area contributed by atoms with Crippen LogP contribution < -0.4 is 21.5 Å². The van der Waals surface area contributed by atoms with Crippen LogP contribution >= 0.6 is 0 Å².